The van der Waals surface area contributed by atoms with Gasteiger partial charge in [-0.3, -0.25) is 14.3 Å². The van der Waals surface area contributed by atoms with E-state index in [4.69, 9.17) is 0 Å². The highest BCUT2D eigenvalue weighted by molar-refractivity contribution is 5.94. The van der Waals surface area contributed by atoms with E-state index in [1.54, 1.807) is 21.7 Å². The van der Waals surface area contributed by atoms with Gasteiger partial charge in [-0.25, -0.2) is 4.39 Å². The Bertz CT molecular complexity index is 905. The first kappa shape index (κ1) is 22.2. The molecule has 0 bridgehead atoms. The normalized spacial score (nSPS) is 21.8. The minimum absolute atomic E-state index is 0. The summed E-state index contributed by atoms with van der Waals surface area (Å²) >= 11 is 0. The highest BCUT2D eigenvalue weighted by atomic mass is 35.5. The second-order valence-corrected chi connectivity index (χ2v) is 7.77. The van der Waals surface area contributed by atoms with Crippen molar-refractivity contribution in [3.63, 3.8) is 0 Å². The second kappa shape index (κ2) is 9.57. The smallest absolute Gasteiger partial charge is 0.256 e. The van der Waals surface area contributed by atoms with Gasteiger partial charge in [-0.15, -0.1) is 12.4 Å². The molecule has 9 heteroatoms. The first-order chi connectivity index (χ1) is 14.0. The molecule has 2 aliphatic rings. The molecule has 162 valence electrons. The summed E-state index contributed by atoms with van der Waals surface area (Å²) in [5.41, 5.74) is 1.16. The van der Waals surface area contributed by atoms with Crippen molar-refractivity contribution in [1.29, 1.82) is 0 Å². The maximum atomic E-state index is 14.0. The number of amides is 2. The van der Waals surface area contributed by atoms with Gasteiger partial charge >= 0.3 is 0 Å². The van der Waals surface area contributed by atoms with Gasteiger partial charge in [-0.05, 0) is 24.1 Å². The Hall–Kier alpha value is -2.45. The van der Waals surface area contributed by atoms with Gasteiger partial charge in [0.05, 0.1) is 17.7 Å². The van der Waals surface area contributed by atoms with E-state index in [0.29, 0.717) is 39.1 Å². The fraction of sp³-hybridized carbons (Fsp3) is 0.476. The van der Waals surface area contributed by atoms with E-state index in [9.17, 15) is 14.0 Å². The monoisotopic (exact) mass is 435 g/mol. The number of aromatic nitrogens is 2. The van der Waals surface area contributed by atoms with Crippen molar-refractivity contribution in [2.75, 3.05) is 39.3 Å². The fourth-order valence-corrected chi connectivity index (χ4v) is 4.30. The van der Waals surface area contributed by atoms with Crippen molar-refractivity contribution in [3.05, 3.63) is 53.6 Å². The van der Waals surface area contributed by atoms with Gasteiger partial charge in [0.2, 0.25) is 5.91 Å². The topological polar surface area (TPSA) is 70.5 Å². The number of halogens is 2. The number of rotatable bonds is 3. The summed E-state index contributed by atoms with van der Waals surface area (Å²) < 4.78 is 15.7. The molecule has 3 heterocycles. The summed E-state index contributed by atoms with van der Waals surface area (Å²) in [6, 6.07) is 6.04. The van der Waals surface area contributed by atoms with E-state index in [-0.39, 0.29) is 41.6 Å². The van der Waals surface area contributed by atoms with Crippen LogP contribution in [0.25, 0.3) is 0 Å². The van der Waals surface area contributed by atoms with E-state index in [0.717, 1.165) is 12.1 Å². The molecule has 2 fully saturated rings. The lowest BCUT2D eigenvalue weighted by atomic mass is 9.89. The van der Waals surface area contributed by atoms with Crippen molar-refractivity contribution >= 4 is 24.2 Å². The first-order valence-electron chi connectivity index (χ1n) is 10.1. The quantitative estimate of drug-likeness (QED) is 0.796. The summed E-state index contributed by atoms with van der Waals surface area (Å²) in [4.78, 5) is 29.5. The van der Waals surface area contributed by atoms with Crippen LogP contribution in [-0.4, -0.2) is 70.7 Å². The van der Waals surface area contributed by atoms with Crippen molar-refractivity contribution in [2.45, 2.75) is 12.3 Å². The zero-order valence-corrected chi connectivity index (χ0v) is 17.8. The van der Waals surface area contributed by atoms with E-state index < -0.39 is 5.82 Å². The lowest BCUT2D eigenvalue weighted by Crippen LogP contribution is -2.41. The molecule has 7 nitrogen and oxygen atoms in total. The number of carbonyl (C=O) groups is 2. The van der Waals surface area contributed by atoms with Crippen LogP contribution in [0.15, 0.2) is 36.7 Å². The number of nitrogens with zero attached hydrogens (tertiary/aromatic N) is 4. The highest BCUT2D eigenvalue weighted by Crippen LogP contribution is 2.29. The van der Waals surface area contributed by atoms with Gasteiger partial charge in [-0.2, -0.15) is 5.10 Å². The molecule has 1 aromatic carbocycles. The maximum Gasteiger partial charge on any atom is 0.256 e. The van der Waals surface area contributed by atoms with Crippen LogP contribution in [0, 0.1) is 11.7 Å². The van der Waals surface area contributed by atoms with Crippen LogP contribution in [0.5, 0.6) is 0 Å². The van der Waals surface area contributed by atoms with E-state index in [1.165, 1.54) is 12.1 Å². The number of hydrogen-bond donors (Lipinski definition) is 1. The van der Waals surface area contributed by atoms with Crippen LogP contribution in [0.4, 0.5) is 4.39 Å². The third kappa shape index (κ3) is 4.49. The first-order valence-corrected chi connectivity index (χ1v) is 10.1. The van der Waals surface area contributed by atoms with Crippen molar-refractivity contribution < 1.29 is 14.0 Å². The molecule has 2 atom stereocenters. The average molecular weight is 436 g/mol. The fourth-order valence-electron chi connectivity index (χ4n) is 4.30. The molecule has 0 saturated carbocycles. The lowest BCUT2D eigenvalue weighted by molar-refractivity contribution is -0.135. The molecule has 0 unspecified atom stereocenters. The van der Waals surface area contributed by atoms with Crippen LogP contribution < -0.4 is 5.32 Å². The lowest BCUT2D eigenvalue weighted by Gasteiger charge is -2.26. The van der Waals surface area contributed by atoms with Crippen LogP contribution in [-0.2, 0) is 11.8 Å². The van der Waals surface area contributed by atoms with Crippen molar-refractivity contribution in [3.8, 4) is 0 Å². The van der Waals surface area contributed by atoms with Crippen molar-refractivity contribution in [1.82, 2.24) is 24.9 Å². The van der Waals surface area contributed by atoms with Gasteiger partial charge in [0.25, 0.3) is 5.91 Å². The van der Waals surface area contributed by atoms with Gasteiger partial charge in [-0.1, -0.05) is 12.1 Å². The Morgan fingerprint density at radius 2 is 1.83 bits per heavy atom. The molecular formula is C21H27ClFN5O2. The van der Waals surface area contributed by atoms with Gasteiger partial charge in [0, 0.05) is 58.4 Å². The number of nitrogens with one attached hydrogen (secondary N) is 1. The van der Waals surface area contributed by atoms with E-state index in [2.05, 4.69) is 10.4 Å². The van der Waals surface area contributed by atoms with Crippen LogP contribution in [0.3, 0.4) is 0 Å². The zero-order valence-electron chi connectivity index (χ0n) is 17.0. The number of aryl methyl sites for hydroxylation is 1. The molecule has 4 rings (SSSR count). The zero-order chi connectivity index (χ0) is 20.4. The second-order valence-electron chi connectivity index (χ2n) is 7.77. The Morgan fingerprint density at radius 1 is 1.10 bits per heavy atom. The molecule has 1 aromatic heterocycles. The molecule has 0 radical (unpaired) electrons. The molecular weight excluding hydrogens is 409 g/mol. The SMILES string of the molecule is Cl.Cn1cc([C@H]2CNC[C@@H]2C(=O)N2CCCN(C(=O)c3ccccc3F)CC2)cn1. The minimum Gasteiger partial charge on any atom is -0.341 e. The molecule has 30 heavy (non-hydrogen) atoms. The number of hydrogen-bond acceptors (Lipinski definition) is 4. The Balaban J connectivity index is 0.00000256. The molecule has 2 aliphatic heterocycles. The van der Waals surface area contributed by atoms with Crippen LogP contribution in [0.2, 0.25) is 0 Å². The molecule has 2 saturated heterocycles. The summed E-state index contributed by atoms with van der Waals surface area (Å²) in [6.07, 6.45) is 4.48. The molecule has 1 N–H and O–H groups in total. The summed E-state index contributed by atoms with van der Waals surface area (Å²) in [7, 11) is 1.87. The Labute approximate surface area is 181 Å². The number of benzene rings is 1. The third-order valence-electron chi connectivity index (χ3n) is 5.88. The van der Waals surface area contributed by atoms with E-state index >= 15 is 0 Å². The summed E-state index contributed by atoms with van der Waals surface area (Å²) in [5.74, 6) is -0.730. The van der Waals surface area contributed by atoms with E-state index in [1.807, 2.05) is 24.3 Å². The third-order valence-corrected chi connectivity index (χ3v) is 5.88. The predicted molar refractivity (Wildman–Crippen MR) is 113 cm³/mol. The summed E-state index contributed by atoms with van der Waals surface area (Å²) in [5, 5.41) is 7.57. The Kier molecular flexibility index (Phi) is 7.10. The van der Waals surface area contributed by atoms with Crippen molar-refractivity contribution in [2.24, 2.45) is 13.0 Å². The average Bonchev–Trinajstić information content (AvgIpc) is 3.30. The summed E-state index contributed by atoms with van der Waals surface area (Å²) in [6.45, 7) is 3.41. The van der Waals surface area contributed by atoms with Crippen LogP contribution >= 0.6 is 12.4 Å². The molecule has 0 spiro atoms. The van der Waals surface area contributed by atoms with Gasteiger partial charge < -0.3 is 15.1 Å². The Morgan fingerprint density at radius 3 is 2.57 bits per heavy atom. The number of carbonyl (C=O) groups excluding carboxylic acids is 2. The maximum absolute atomic E-state index is 14.0. The molecule has 0 aliphatic carbocycles. The minimum atomic E-state index is -0.508. The van der Waals surface area contributed by atoms with Gasteiger partial charge in [0.15, 0.2) is 0 Å². The van der Waals surface area contributed by atoms with Gasteiger partial charge in [0.1, 0.15) is 5.82 Å². The largest absolute Gasteiger partial charge is 0.341 e. The highest BCUT2D eigenvalue weighted by Gasteiger charge is 2.37. The standard InChI is InChI=1S/C21H26FN5O2.ClH/c1-25-14-15(11-24-25)17-12-23-13-18(17)21(29)27-8-4-7-26(9-10-27)20(28)16-5-2-3-6-19(16)22;/h2-3,5-6,11,14,17-18,23H,4,7-10,12-13H2,1H3;1H/t17-,18+;/m1./s1. The van der Waals surface area contributed by atoms with Crippen LogP contribution in [0.1, 0.15) is 28.3 Å². The predicted octanol–water partition coefficient (Wildman–Crippen LogP) is 1.66. The molecule has 2 amide bonds. The molecule has 2 aromatic rings.